The van der Waals surface area contributed by atoms with Gasteiger partial charge in [0.1, 0.15) is 6.04 Å². The molecule has 0 bridgehead atoms. The van der Waals surface area contributed by atoms with Crippen molar-refractivity contribution < 1.29 is 14.3 Å². The van der Waals surface area contributed by atoms with Gasteiger partial charge in [0.2, 0.25) is 5.91 Å². The van der Waals surface area contributed by atoms with Crippen LogP contribution in [0.15, 0.2) is 0 Å². The highest BCUT2D eigenvalue weighted by atomic mass is 35.5. The fraction of sp³-hybridized carbons (Fsp3) is 0.882. The monoisotopic (exact) mass is 361 g/mol. The SMILES string of the molecule is CCOC(=O)C(CC)N1CCCC(CNC(=O)C2CCCN2)C1.Cl. The van der Waals surface area contributed by atoms with Crippen LogP contribution >= 0.6 is 12.4 Å². The molecule has 7 heteroatoms. The first kappa shape index (κ1) is 21.2. The Hall–Kier alpha value is -0.850. The van der Waals surface area contributed by atoms with E-state index in [2.05, 4.69) is 15.5 Å². The predicted molar refractivity (Wildman–Crippen MR) is 96.3 cm³/mol. The highest BCUT2D eigenvalue weighted by Crippen LogP contribution is 2.20. The summed E-state index contributed by atoms with van der Waals surface area (Å²) < 4.78 is 5.19. The lowest BCUT2D eigenvalue weighted by Gasteiger charge is -2.36. The molecule has 0 radical (unpaired) electrons. The van der Waals surface area contributed by atoms with Crippen LogP contribution in [0.3, 0.4) is 0 Å². The first-order valence-corrected chi connectivity index (χ1v) is 9.07. The number of hydrogen-bond acceptors (Lipinski definition) is 5. The van der Waals surface area contributed by atoms with Crippen LogP contribution in [0, 0.1) is 5.92 Å². The van der Waals surface area contributed by atoms with Gasteiger partial charge in [-0.1, -0.05) is 6.92 Å². The van der Waals surface area contributed by atoms with Crippen molar-refractivity contribution in [3.8, 4) is 0 Å². The summed E-state index contributed by atoms with van der Waals surface area (Å²) in [6.45, 7) is 7.73. The molecule has 6 nitrogen and oxygen atoms in total. The van der Waals surface area contributed by atoms with Crippen LogP contribution in [0.2, 0.25) is 0 Å². The normalized spacial score (nSPS) is 25.6. The third kappa shape index (κ3) is 5.90. The summed E-state index contributed by atoms with van der Waals surface area (Å²) in [5, 5.41) is 6.31. The van der Waals surface area contributed by atoms with E-state index in [-0.39, 0.29) is 36.4 Å². The van der Waals surface area contributed by atoms with Crippen molar-refractivity contribution in [1.29, 1.82) is 0 Å². The van der Waals surface area contributed by atoms with Gasteiger partial charge in [0, 0.05) is 13.1 Å². The molecule has 24 heavy (non-hydrogen) atoms. The molecule has 1 amide bonds. The fourth-order valence-corrected chi connectivity index (χ4v) is 3.64. The average Bonchev–Trinajstić information content (AvgIpc) is 3.08. The summed E-state index contributed by atoms with van der Waals surface area (Å²) >= 11 is 0. The van der Waals surface area contributed by atoms with E-state index in [1.54, 1.807) is 0 Å². The summed E-state index contributed by atoms with van der Waals surface area (Å²) in [4.78, 5) is 26.4. The van der Waals surface area contributed by atoms with E-state index in [0.29, 0.717) is 19.1 Å². The van der Waals surface area contributed by atoms with Gasteiger partial charge in [-0.25, -0.2) is 0 Å². The Morgan fingerprint density at radius 3 is 2.71 bits per heavy atom. The molecule has 2 aliphatic heterocycles. The molecule has 2 rings (SSSR count). The molecular weight excluding hydrogens is 330 g/mol. The first-order chi connectivity index (χ1) is 11.2. The van der Waals surface area contributed by atoms with Crippen molar-refractivity contribution in [2.75, 3.05) is 32.8 Å². The Balaban J connectivity index is 0.00000288. The van der Waals surface area contributed by atoms with Crippen molar-refractivity contribution in [2.45, 2.75) is 58.0 Å². The zero-order chi connectivity index (χ0) is 16.7. The minimum absolute atomic E-state index is 0. The molecule has 2 saturated heterocycles. The minimum Gasteiger partial charge on any atom is -0.465 e. The number of esters is 1. The van der Waals surface area contributed by atoms with Gasteiger partial charge < -0.3 is 15.4 Å². The molecule has 0 saturated carbocycles. The van der Waals surface area contributed by atoms with Crippen LogP contribution in [-0.2, 0) is 14.3 Å². The number of hydrogen-bond donors (Lipinski definition) is 2. The maximum atomic E-state index is 12.1. The summed E-state index contributed by atoms with van der Waals surface area (Å²) in [5.41, 5.74) is 0. The highest BCUT2D eigenvalue weighted by molar-refractivity contribution is 5.85. The third-order valence-electron chi connectivity index (χ3n) is 4.88. The van der Waals surface area contributed by atoms with Crippen LogP contribution in [0.4, 0.5) is 0 Å². The molecule has 0 aromatic heterocycles. The van der Waals surface area contributed by atoms with Crippen LogP contribution in [-0.4, -0.2) is 61.6 Å². The lowest BCUT2D eigenvalue weighted by atomic mass is 9.96. The summed E-state index contributed by atoms with van der Waals surface area (Å²) in [6.07, 6.45) is 4.95. The van der Waals surface area contributed by atoms with Crippen molar-refractivity contribution in [2.24, 2.45) is 5.92 Å². The lowest BCUT2D eigenvalue weighted by Crippen LogP contribution is -2.50. The molecule has 3 unspecified atom stereocenters. The molecule has 0 aromatic rings. The number of nitrogens with one attached hydrogen (secondary N) is 2. The van der Waals surface area contributed by atoms with Gasteiger partial charge in [0.05, 0.1) is 12.6 Å². The second-order valence-electron chi connectivity index (χ2n) is 6.57. The Labute approximate surface area is 151 Å². The fourth-order valence-electron chi connectivity index (χ4n) is 3.64. The van der Waals surface area contributed by atoms with Gasteiger partial charge in [-0.2, -0.15) is 0 Å². The van der Waals surface area contributed by atoms with Gasteiger partial charge in [0.25, 0.3) is 0 Å². The Morgan fingerprint density at radius 1 is 1.29 bits per heavy atom. The smallest absolute Gasteiger partial charge is 0.323 e. The van der Waals surface area contributed by atoms with Crippen LogP contribution in [0.5, 0.6) is 0 Å². The van der Waals surface area contributed by atoms with Gasteiger partial charge in [-0.15, -0.1) is 12.4 Å². The van der Waals surface area contributed by atoms with Crippen molar-refractivity contribution >= 4 is 24.3 Å². The standard InChI is InChI=1S/C17H31N3O3.ClH/c1-3-15(17(22)23-4-2)20-10-6-7-13(12-20)11-19-16(21)14-8-5-9-18-14;/h13-15,18H,3-12H2,1-2H3,(H,19,21);1H. The molecule has 2 heterocycles. The molecule has 0 spiro atoms. The highest BCUT2D eigenvalue weighted by Gasteiger charge is 2.30. The number of nitrogens with zero attached hydrogens (tertiary/aromatic N) is 1. The third-order valence-corrected chi connectivity index (χ3v) is 4.88. The van der Waals surface area contributed by atoms with Gasteiger partial charge in [-0.05, 0) is 58.0 Å². The number of piperidine rings is 1. The van der Waals surface area contributed by atoms with Crippen molar-refractivity contribution in [3.63, 3.8) is 0 Å². The summed E-state index contributed by atoms with van der Waals surface area (Å²) in [7, 11) is 0. The second-order valence-corrected chi connectivity index (χ2v) is 6.57. The van der Waals surface area contributed by atoms with Gasteiger partial charge in [-0.3, -0.25) is 14.5 Å². The Kier molecular flexibility index (Phi) is 9.63. The quantitative estimate of drug-likeness (QED) is 0.669. The van der Waals surface area contributed by atoms with E-state index in [9.17, 15) is 9.59 Å². The van der Waals surface area contributed by atoms with E-state index >= 15 is 0 Å². The number of rotatable bonds is 7. The van der Waals surface area contributed by atoms with E-state index in [1.807, 2.05) is 13.8 Å². The number of carbonyl (C=O) groups excluding carboxylic acids is 2. The molecule has 2 fully saturated rings. The zero-order valence-corrected chi connectivity index (χ0v) is 15.7. The molecule has 2 N–H and O–H groups in total. The number of likely N-dealkylation sites (tertiary alicyclic amines) is 1. The number of ether oxygens (including phenoxy) is 1. The Bertz CT molecular complexity index is 403. The van der Waals surface area contributed by atoms with Crippen molar-refractivity contribution in [1.82, 2.24) is 15.5 Å². The number of carbonyl (C=O) groups is 2. The largest absolute Gasteiger partial charge is 0.465 e. The van der Waals surface area contributed by atoms with Gasteiger partial charge in [0.15, 0.2) is 0 Å². The van der Waals surface area contributed by atoms with E-state index < -0.39 is 0 Å². The number of halogens is 1. The predicted octanol–water partition coefficient (Wildman–Crippen LogP) is 1.33. The van der Waals surface area contributed by atoms with E-state index in [1.165, 1.54) is 0 Å². The van der Waals surface area contributed by atoms with Gasteiger partial charge >= 0.3 is 5.97 Å². The lowest BCUT2D eigenvalue weighted by molar-refractivity contribution is -0.150. The molecule has 2 aliphatic rings. The molecular formula is C17H32ClN3O3. The maximum Gasteiger partial charge on any atom is 0.323 e. The second kappa shape index (κ2) is 10.9. The number of amides is 1. The average molecular weight is 362 g/mol. The molecule has 0 aliphatic carbocycles. The summed E-state index contributed by atoms with van der Waals surface area (Å²) in [6, 6.07) is -0.164. The zero-order valence-electron chi connectivity index (χ0n) is 14.9. The maximum absolute atomic E-state index is 12.1. The minimum atomic E-state index is -0.148. The van der Waals surface area contributed by atoms with Crippen LogP contribution in [0.1, 0.15) is 46.0 Å². The molecule has 3 atom stereocenters. The van der Waals surface area contributed by atoms with E-state index in [0.717, 1.165) is 51.7 Å². The Morgan fingerprint density at radius 2 is 2.08 bits per heavy atom. The first-order valence-electron chi connectivity index (χ1n) is 9.07. The van der Waals surface area contributed by atoms with Crippen LogP contribution < -0.4 is 10.6 Å². The van der Waals surface area contributed by atoms with Crippen molar-refractivity contribution in [3.05, 3.63) is 0 Å². The molecule has 0 aromatic carbocycles. The van der Waals surface area contributed by atoms with E-state index in [4.69, 9.17) is 4.74 Å². The van der Waals surface area contributed by atoms with Crippen LogP contribution in [0.25, 0.3) is 0 Å². The molecule has 140 valence electrons. The topological polar surface area (TPSA) is 70.7 Å². The summed E-state index contributed by atoms with van der Waals surface area (Å²) in [5.74, 6) is 0.421.